The number of carbonyl (C=O) groups is 1. The van der Waals surface area contributed by atoms with E-state index in [4.69, 9.17) is 9.94 Å². The molecule has 1 amide bonds. The van der Waals surface area contributed by atoms with E-state index in [9.17, 15) is 9.18 Å². The van der Waals surface area contributed by atoms with Crippen LogP contribution in [0, 0.1) is 9.39 Å². The predicted molar refractivity (Wildman–Crippen MR) is 94.4 cm³/mol. The Kier molecular flexibility index (Phi) is 5.27. The van der Waals surface area contributed by atoms with Gasteiger partial charge in [0.25, 0.3) is 5.91 Å². The van der Waals surface area contributed by atoms with Crippen LogP contribution >= 0.6 is 22.6 Å². The van der Waals surface area contributed by atoms with Crippen molar-refractivity contribution in [2.75, 3.05) is 25.1 Å². The number of hydroxylamine groups is 2. The fourth-order valence-electron chi connectivity index (χ4n) is 2.50. The zero-order chi connectivity index (χ0) is 17.1. The molecule has 2 aromatic rings. The van der Waals surface area contributed by atoms with E-state index in [0.29, 0.717) is 24.2 Å². The van der Waals surface area contributed by atoms with Crippen molar-refractivity contribution < 1.29 is 19.1 Å². The number of anilines is 2. The molecule has 0 fully saturated rings. The van der Waals surface area contributed by atoms with Gasteiger partial charge in [-0.1, -0.05) is 0 Å². The highest BCUT2D eigenvalue weighted by Crippen LogP contribution is 2.29. The third kappa shape index (κ3) is 3.50. The molecule has 0 radical (unpaired) electrons. The Bertz CT molecular complexity index is 772. The summed E-state index contributed by atoms with van der Waals surface area (Å²) in [6.45, 7) is 0.251. The topological polar surface area (TPSA) is 74.7 Å². The van der Waals surface area contributed by atoms with Crippen molar-refractivity contribution in [3.05, 3.63) is 51.1 Å². The lowest BCUT2D eigenvalue weighted by Crippen LogP contribution is -2.38. The van der Waals surface area contributed by atoms with Gasteiger partial charge in [0.2, 0.25) is 0 Å². The van der Waals surface area contributed by atoms with Gasteiger partial charge in [-0.2, -0.15) is 0 Å². The van der Waals surface area contributed by atoms with Crippen LogP contribution in [0.25, 0.3) is 0 Å². The van der Waals surface area contributed by atoms with Gasteiger partial charge in [0, 0.05) is 9.77 Å². The summed E-state index contributed by atoms with van der Waals surface area (Å²) in [5, 5.41) is 13.0. The molecule has 2 N–H and O–H groups in total. The molecule has 0 bridgehead atoms. The number of carbonyl (C=O) groups excluding carboxylic acids is 1. The molecule has 1 aromatic carbocycles. The van der Waals surface area contributed by atoms with Crippen molar-refractivity contribution in [3.63, 3.8) is 0 Å². The molecule has 1 aliphatic heterocycles. The maximum atomic E-state index is 14.1. The zero-order valence-corrected chi connectivity index (χ0v) is 14.8. The number of hydrogen-bond donors (Lipinski definition) is 2. The molecular formula is C16H15FIN3O3. The summed E-state index contributed by atoms with van der Waals surface area (Å²) in [6.07, 6.45) is 3.69. The molecule has 126 valence electrons. The molecular weight excluding hydrogens is 428 g/mol. The lowest BCUT2D eigenvalue weighted by atomic mass is 10.0. The number of aliphatic hydroxyl groups excluding tert-OH is 1. The lowest BCUT2D eigenvalue weighted by Gasteiger charge is -2.28. The molecule has 1 aromatic heterocycles. The predicted octanol–water partition coefficient (Wildman–Crippen LogP) is 2.49. The van der Waals surface area contributed by atoms with Crippen LogP contribution in [0.1, 0.15) is 15.9 Å². The lowest BCUT2D eigenvalue weighted by molar-refractivity contribution is -0.132. The second kappa shape index (κ2) is 7.41. The second-order valence-corrected chi connectivity index (χ2v) is 6.43. The van der Waals surface area contributed by atoms with E-state index >= 15 is 0 Å². The van der Waals surface area contributed by atoms with Crippen molar-refractivity contribution in [2.24, 2.45) is 0 Å². The van der Waals surface area contributed by atoms with Gasteiger partial charge < -0.3 is 10.4 Å². The third-order valence-corrected chi connectivity index (χ3v) is 4.26. The molecule has 0 saturated carbocycles. The van der Waals surface area contributed by atoms with Crippen LogP contribution in [0.15, 0.2) is 30.6 Å². The molecule has 1 aliphatic rings. The van der Waals surface area contributed by atoms with Crippen LogP contribution in [0.2, 0.25) is 0 Å². The van der Waals surface area contributed by atoms with E-state index in [2.05, 4.69) is 10.3 Å². The number of pyridine rings is 1. The monoisotopic (exact) mass is 443 g/mol. The Morgan fingerprint density at radius 3 is 2.96 bits per heavy atom. The molecule has 0 saturated heterocycles. The van der Waals surface area contributed by atoms with Crippen molar-refractivity contribution in [1.29, 1.82) is 0 Å². The molecule has 0 spiro atoms. The fourth-order valence-corrected chi connectivity index (χ4v) is 2.95. The first-order valence-corrected chi connectivity index (χ1v) is 8.42. The number of fused-ring (bicyclic) bond motifs is 1. The highest BCUT2D eigenvalue weighted by Gasteiger charge is 2.28. The summed E-state index contributed by atoms with van der Waals surface area (Å²) in [7, 11) is 0. The average molecular weight is 443 g/mol. The standard InChI is InChI=1S/C16H15FIN3O3/c17-12-7-11(18)1-2-13(12)20-14-9-19-8-10-3-4-21(24-6-5-22)16(23)15(10)14/h1-2,7-9,20,22H,3-6H2. The number of halogens is 2. The van der Waals surface area contributed by atoms with Crippen molar-refractivity contribution in [1.82, 2.24) is 10.0 Å². The molecule has 3 rings (SSSR count). The van der Waals surface area contributed by atoms with Gasteiger partial charge in [0.1, 0.15) is 5.82 Å². The zero-order valence-electron chi connectivity index (χ0n) is 12.6. The Balaban J connectivity index is 1.92. The van der Waals surface area contributed by atoms with Gasteiger partial charge in [-0.15, -0.1) is 0 Å². The minimum Gasteiger partial charge on any atom is -0.394 e. The van der Waals surface area contributed by atoms with E-state index in [1.807, 2.05) is 22.6 Å². The Labute approximate surface area is 151 Å². The van der Waals surface area contributed by atoms with Crippen molar-refractivity contribution in [2.45, 2.75) is 6.42 Å². The molecule has 0 unspecified atom stereocenters. The molecule has 6 nitrogen and oxygen atoms in total. The summed E-state index contributed by atoms with van der Waals surface area (Å²) >= 11 is 2.03. The summed E-state index contributed by atoms with van der Waals surface area (Å²) in [4.78, 5) is 22.0. The summed E-state index contributed by atoms with van der Waals surface area (Å²) in [6, 6.07) is 4.79. The fraction of sp³-hybridized carbons (Fsp3) is 0.250. The number of rotatable bonds is 5. The number of aliphatic hydroxyl groups is 1. The number of amides is 1. The van der Waals surface area contributed by atoms with E-state index in [0.717, 1.165) is 9.13 Å². The Morgan fingerprint density at radius 1 is 1.38 bits per heavy atom. The Hall–Kier alpha value is -1.78. The summed E-state index contributed by atoms with van der Waals surface area (Å²) in [5.74, 6) is -0.739. The first kappa shape index (κ1) is 17.1. The Morgan fingerprint density at radius 2 is 2.21 bits per heavy atom. The van der Waals surface area contributed by atoms with Gasteiger partial charge in [-0.25, -0.2) is 9.45 Å². The second-order valence-electron chi connectivity index (χ2n) is 5.18. The molecule has 24 heavy (non-hydrogen) atoms. The number of nitrogens with one attached hydrogen (secondary N) is 1. The SMILES string of the molecule is O=C1c2c(cncc2Nc2ccc(I)cc2F)CCN1OCCO. The number of hydrogen-bond acceptors (Lipinski definition) is 5. The van der Waals surface area contributed by atoms with Gasteiger partial charge in [-0.05, 0) is 52.8 Å². The van der Waals surface area contributed by atoms with Crippen LogP contribution in [-0.4, -0.2) is 40.8 Å². The van der Waals surface area contributed by atoms with Crippen molar-refractivity contribution in [3.8, 4) is 0 Å². The van der Waals surface area contributed by atoms with Crippen molar-refractivity contribution >= 4 is 39.9 Å². The van der Waals surface area contributed by atoms with E-state index in [-0.39, 0.29) is 24.8 Å². The normalized spacial score (nSPS) is 13.8. The van der Waals surface area contributed by atoms with Crippen LogP contribution in [0.3, 0.4) is 0 Å². The maximum absolute atomic E-state index is 14.1. The van der Waals surface area contributed by atoms with Gasteiger partial charge in [0.05, 0.1) is 42.9 Å². The minimum atomic E-state index is -0.406. The van der Waals surface area contributed by atoms with E-state index in [1.54, 1.807) is 18.3 Å². The molecule has 0 aliphatic carbocycles. The van der Waals surface area contributed by atoms with E-state index < -0.39 is 5.82 Å². The van der Waals surface area contributed by atoms with Crippen LogP contribution < -0.4 is 5.32 Å². The number of aromatic nitrogens is 1. The van der Waals surface area contributed by atoms with Crippen LogP contribution in [-0.2, 0) is 11.3 Å². The molecule has 2 heterocycles. The number of nitrogens with zero attached hydrogens (tertiary/aromatic N) is 2. The van der Waals surface area contributed by atoms with Gasteiger partial charge >= 0.3 is 0 Å². The third-order valence-electron chi connectivity index (χ3n) is 3.59. The maximum Gasteiger partial charge on any atom is 0.279 e. The quantitative estimate of drug-likeness (QED) is 0.695. The first-order valence-electron chi connectivity index (χ1n) is 7.34. The minimum absolute atomic E-state index is 0.0423. The smallest absolute Gasteiger partial charge is 0.279 e. The van der Waals surface area contributed by atoms with Crippen LogP contribution in [0.5, 0.6) is 0 Å². The number of benzene rings is 1. The average Bonchev–Trinajstić information content (AvgIpc) is 2.57. The highest BCUT2D eigenvalue weighted by atomic mass is 127. The summed E-state index contributed by atoms with van der Waals surface area (Å²) < 4.78 is 14.9. The van der Waals surface area contributed by atoms with Gasteiger partial charge in [0.15, 0.2) is 0 Å². The highest BCUT2D eigenvalue weighted by molar-refractivity contribution is 14.1. The largest absolute Gasteiger partial charge is 0.394 e. The first-order chi connectivity index (χ1) is 11.6. The summed E-state index contributed by atoms with van der Waals surface area (Å²) in [5.41, 5.74) is 1.88. The molecule has 0 atom stereocenters. The van der Waals surface area contributed by atoms with Gasteiger partial charge in [-0.3, -0.25) is 14.6 Å². The van der Waals surface area contributed by atoms with E-state index in [1.165, 1.54) is 17.3 Å². The van der Waals surface area contributed by atoms with Crippen LogP contribution in [0.4, 0.5) is 15.8 Å². The molecule has 8 heteroatoms.